The summed E-state index contributed by atoms with van der Waals surface area (Å²) in [4.78, 5) is 24.9. The van der Waals surface area contributed by atoms with Gasteiger partial charge in [-0.05, 0) is 37.5 Å². The number of dihydropyridines is 1. The van der Waals surface area contributed by atoms with E-state index in [0.717, 1.165) is 17.8 Å². The number of Topliss-reactive ketones (excluding diaryl/α,β-unsaturated/α-hetero) is 1. The van der Waals surface area contributed by atoms with Crippen molar-refractivity contribution in [1.82, 2.24) is 5.32 Å². The standard InChI is InChI=1S/C19H18F3NO3/c1-10-15(18(25)26-2)16(17-13(23-10)4-3-5-14(17)24)11-6-8-12(9-7-11)19(20,21)22/h6-9,16,23H,3-5H2,1-2H3/t16-/m0/s1. The lowest BCUT2D eigenvalue weighted by Crippen LogP contribution is -2.34. The van der Waals surface area contributed by atoms with Crippen molar-refractivity contribution in [2.75, 3.05) is 7.11 Å². The minimum atomic E-state index is -4.45. The van der Waals surface area contributed by atoms with Crippen molar-refractivity contribution < 1.29 is 27.5 Å². The summed E-state index contributed by atoms with van der Waals surface area (Å²) in [5.74, 6) is -1.43. The summed E-state index contributed by atoms with van der Waals surface area (Å²) in [5, 5.41) is 3.11. The van der Waals surface area contributed by atoms with Crippen LogP contribution in [-0.4, -0.2) is 18.9 Å². The van der Waals surface area contributed by atoms with Gasteiger partial charge in [-0.1, -0.05) is 12.1 Å². The molecule has 0 saturated carbocycles. The molecule has 0 saturated heterocycles. The summed E-state index contributed by atoms with van der Waals surface area (Å²) < 4.78 is 43.4. The van der Waals surface area contributed by atoms with Crippen LogP contribution < -0.4 is 5.32 Å². The predicted molar refractivity (Wildman–Crippen MR) is 87.9 cm³/mol. The van der Waals surface area contributed by atoms with E-state index in [4.69, 9.17) is 4.74 Å². The first-order valence-electron chi connectivity index (χ1n) is 8.23. The number of benzene rings is 1. The minimum absolute atomic E-state index is 0.0995. The van der Waals surface area contributed by atoms with Crippen LogP contribution in [0.5, 0.6) is 0 Å². The van der Waals surface area contributed by atoms with Gasteiger partial charge in [0.2, 0.25) is 0 Å². The second kappa shape index (κ2) is 6.63. The van der Waals surface area contributed by atoms with Crippen LogP contribution in [0.25, 0.3) is 0 Å². The molecule has 1 aliphatic heterocycles. The molecule has 0 amide bonds. The molecule has 0 unspecified atom stereocenters. The molecule has 4 nitrogen and oxygen atoms in total. The number of hydrogen-bond acceptors (Lipinski definition) is 4. The van der Waals surface area contributed by atoms with E-state index >= 15 is 0 Å². The second-order valence-electron chi connectivity index (χ2n) is 6.38. The van der Waals surface area contributed by atoms with Crippen molar-refractivity contribution >= 4 is 11.8 Å². The zero-order valence-electron chi connectivity index (χ0n) is 14.4. The lowest BCUT2D eigenvalue weighted by molar-refractivity contribution is -0.138. The Morgan fingerprint density at radius 3 is 2.42 bits per heavy atom. The SMILES string of the molecule is COC(=O)C1=C(C)NC2=C(C(=O)CCC2)[C@H]1c1ccc(C(F)(F)F)cc1. The van der Waals surface area contributed by atoms with Crippen molar-refractivity contribution in [1.29, 1.82) is 0 Å². The van der Waals surface area contributed by atoms with E-state index in [1.165, 1.54) is 19.2 Å². The summed E-state index contributed by atoms with van der Waals surface area (Å²) >= 11 is 0. The number of allylic oxidation sites excluding steroid dienone is 3. The summed E-state index contributed by atoms with van der Waals surface area (Å²) in [5.41, 5.74) is 1.66. The van der Waals surface area contributed by atoms with Crippen molar-refractivity contribution in [3.8, 4) is 0 Å². The number of carbonyl (C=O) groups excluding carboxylic acids is 2. The number of ketones is 1. The molecule has 138 valence electrons. The third-order valence-electron chi connectivity index (χ3n) is 4.75. The van der Waals surface area contributed by atoms with Crippen LogP contribution in [0.15, 0.2) is 46.8 Å². The van der Waals surface area contributed by atoms with Gasteiger partial charge in [-0.3, -0.25) is 4.79 Å². The molecule has 0 spiro atoms. The number of carbonyl (C=O) groups is 2. The van der Waals surface area contributed by atoms with Gasteiger partial charge in [0.25, 0.3) is 0 Å². The first kappa shape index (κ1) is 18.2. The molecule has 1 N–H and O–H groups in total. The quantitative estimate of drug-likeness (QED) is 0.809. The number of ether oxygens (including phenoxy) is 1. The van der Waals surface area contributed by atoms with Crippen molar-refractivity contribution in [2.24, 2.45) is 0 Å². The third kappa shape index (κ3) is 3.13. The number of alkyl halides is 3. The molecular formula is C19H18F3NO3. The molecule has 1 aromatic carbocycles. The first-order valence-corrected chi connectivity index (χ1v) is 8.23. The largest absolute Gasteiger partial charge is 0.466 e. The van der Waals surface area contributed by atoms with E-state index in [1.54, 1.807) is 6.92 Å². The number of nitrogens with one attached hydrogen (secondary N) is 1. The highest BCUT2D eigenvalue weighted by Crippen LogP contribution is 2.43. The Balaban J connectivity index is 2.14. The molecule has 3 rings (SSSR count). The minimum Gasteiger partial charge on any atom is -0.466 e. The fraction of sp³-hybridized carbons (Fsp3) is 0.368. The highest BCUT2D eigenvalue weighted by atomic mass is 19.4. The maximum atomic E-state index is 12.9. The molecule has 0 radical (unpaired) electrons. The molecule has 0 aromatic heterocycles. The Hall–Kier alpha value is -2.57. The van der Waals surface area contributed by atoms with Gasteiger partial charge in [-0.15, -0.1) is 0 Å². The predicted octanol–water partition coefficient (Wildman–Crippen LogP) is 3.85. The van der Waals surface area contributed by atoms with Crippen LogP contribution in [0.1, 0.15) is 43.2 Å². The molecular weight excluding hydrogens is 347 g/mol. The molecule has 1 aromatic rings. The maximum absolute atomic E-state index is 12.9. The smallest absolute Gasteiger partial charge is 0.416 e. The number of halogens is 3. The Morgan fingerprint density at radius 2 is 1.85 bits per heavy atom. The molecule has 1 heterocycles. The van der Waals surface area contributed by atoms with Gasteiger partial charge in [0.05, 0.1) is 18.2 Å². The van der Waals surface area contributed by atoms with Crippen LogP contribution in [0, 0.1) is 0 Å². The lowest BCUT2D eigenvalue weighted by Gasteiger charge is -2.34. The molecule has 26 heavy (non-hydrogen) atoms. The zero-order chi connectivity index (χ0) is 19.1. The number of esters is 1. The summed E-state index contributed by atoms with van der Waals surface area (Å²) in [6.07, 6.45) is -2.74. The Labute approximate surface area is 148 Å². The van der Waals surface area contributed by atoms with E-state index < -0.39 is 23.6 Å². The monoisotopic (exact) mass is 365 g/mol. The first-order chi connectivity index (χ1) is 12.2. The van der Waals surface area contributed by atoms with E-state index in [2.05, 4.69) is 5.32 Å². The van der Waals surface area contributed by atoms with Gasteiger partial charge in [0.1, 0.15) is 0 Å². The number of methoxy groups -OCH3 is 1. The summed E-state index contributed by atoms with van der Waals surface area (Å²) in [6.45, 7) is 1.70. The van der Waals surface area contributed by atoms with Crippen LogP contribution in [0.4, 0.5) is 13.2 Å². The van der Waals surface area contributed by atoms with Crippen molar-refractivity contribution in [3.63, 3.8) is 0 Å². The molecule has 7 heteroatoms. The third-order valence-corrected chi connectivity index (χ3v) is 4.75. The second-order valence-corrected chi connectivity index (χ2v) is 6.38. The van der Waals surface area contributed by atoms with Gasteiger partial charge in [0, 0.05) is 29.3 Å². The number of rotatable bonds is 2. The van der Waals surface area contributed by atoms with Crippen LogP contribution in [0.3, 0.4) is 0 Å². The van der Waals surface area contributed by atoms with Gasteiger partial charge >= 0.3 is 12.1 Å². The van der Waals surface area contributed by atoms with Crippen LogP contribution in [0.2, 0.25) is 0 Å². The average Bonchev–Trinajstić information content (AvgIpc) is 2.59. The van der Waals surface area contributed by atoms with Gasteiger partial charge in [-0.25, -0.2) is 4.79 Å². The fourth-order valence-corrected chi connectivity index (χ4v) is 3.56. The van der Waals surface area contributed by atoms with Gasteiger partial charge in [-0.2, -0.15) is 13.2 Å². The topological polar surface area (TPSA) is 55.4 Å². The molecule has 0 bridgehead atoms. The molecule has 0 fully saturated rings. The van der Waals surface area contributed by atoms with Crippen LogP contribution in [-0.2, 0) is 20.5 Å². The maximum Gasteiger partial charge on any atom is 0.416 e. The molecule has 2 aliphatic rings. The fourth-order valence-electron chi connectivity index (χ4n) is 3.56. The van der Waals surface area contributed by atoms with Gasteiger partial charge in [0.15, 0.2) is 5.78 Å². The van der Waals surface area contributed by atoms with Crippen molar-refractivity contribution in [3.05, 3.63) is 57.9 Å². The molecule has 1 aliphatic carbocycles. The van der Waals surface area contributed by atoms with E-state index in [1.807, 2.05) is 0 Å². The lowest BCUT2D eigenvalue weighted by atomic mass is 9.75. The molecule has 1 atom stereocenters. The van der Waals surface area contributed by atoms with E-state index in [-0.39, 0.29) is 11.4 Å². The summed E-state index contributed by atoms with van der Waals surface area (Å²) in [7, 11) is 1.24. The van der Waals surface area contributed by atoms with E-state index in [0.29, 0.717) is 36.1 Å². The number of hydrogen-bond donors (Lipinski definition) is 1. The average molecular weight is 365 g/mol. The summed E-state index contributed by atoms with van der Waals surface area (Å²) in [6, 6.07) is 4.58. The highest BCUT2D eigenvalue weighted by Gasteiger charge is 2.39. The zero-order valence-corrected chi connectivity index (χ0v) is 14.4. The normalized spacial score (nSPS) is 20.7. The highest BCUT2D eigenvalue weighted by molar-refractivity contribution is 6.03. The Kier molecular flexibility index (Phi) is 4.64. The van der Waals surface area contributed by atoms with E-state index in [9.17, 15) is 22.8 Å². The Bertz CT molecular complexity index is 819. The van der Waals surface area contributed by atoms with Crippen LogP contribution >= 0.6 is 0 Å². The Morgan fingerprint density at radius 1 is 1.19 bits per heavy atom. The van der Waals surface area contributed by atoms with Gasteiger partial charge < -0.3 is 10.1 Å². The van der Waals surface area contributed by atoms with Crippen molar-refractivity contribution in [2.45, 2.75) is 38.3 Å².